The summed E-state index contributed by atoms with van der Waals surface area (Å²) in [6.45, 7) is 7.91. The minimum Gasteiger partial charge on any atom is -0.394 e. The summed E-state index contributed by atoms with van der Waals surface area (Å²) in [7, 11) is 0. The highest BCUT2D eigenvalue weighted by Gasteiger charge is 2.70. The van der Waals surface area contributed by atoms with Crippen LogP contribution in [0, 0.1) is 52.3 Å². The predicted octanol–water partition coefficient (Wildman–Crippen LogP) is -2.15. The molecule has 1 spiro atoms. The van der Waals surface area contributed by atoms with E-state index in [2.05, 4.69) is 27.7 Å². The average molecular weight is 905 g/mol. The second-order valence-corrected chi connectivity index (χ2v) is 21.4. The Labute approximate surface area is 367 Å². The zero-order valence-corrected chi connectivity index (χ0v) is 36.6. The Morgan fingerprint density at radius 2 is 1.27 bits per heavy atom. The van der Waals surface area contributed by atoms with E-state index in [1.165, 1.54) is 0 Å². The van der Waals surface area contributed by atoms with Crippen molar-refractivity contribution < 1.29 is 94.1 Å². The van der Waals surface area contributed by atoms with Gasteiger partial charge in [0.25, 0.3) is 0 Å². The molecule has 0 aromatic rings. The molecule has 28 atom stereocenters. The van der Waals surface area contributed by atoms with E-state index in [-0.39, 0.29) is 41.6 Å². The van der Waals surface area contributed by atoms with Gasteiger partial charge in [0.2, 0.25) is 0 Å². The largest absolute Gasteiger partial charge is 0.394 e. The van der Waals surface area contributed by atoms with Crippen LogP contribution in [0.3, 0.4) is 0 Å². The van der Waals surface area contributed by atoms with Gasteiger partial charge in [0.05, 0.1) is 50.8 Å². The summed E-state index contributed by atoms with van der Waals surface area (Å²) in [6.07, 6.45) is -19.3. The molecule has 0 amide bonds. The standard InChI is InChI=1S/C44H72O19/c1-17-5-8-44(57-15-17)18(2)30-27(63-44)10-21-19-9-23(47)22-11-26(24(48)12-43(22,4)20(19)6-7-42(21,30)3)58-40-35(54)33(52)37(29(14-46)60-40)61-41-36(55)38(32(51)28(13-45)59-41)62-39-34(53)31(50)25(49)16-56-39/h17-41,45-55H,5-16H2,1-4H3/t17-,18-,19+,20-,21-,22?,23+,24+,25+,26+,27-,28+,29+,30-,31-,32+,33+,34+,35+,36+,37-,38-,39-,40+,41-,42-,43+,44+/m0/s1. The molecule has 4 aliphatic carbocycles. The van der Waals surface area contributed by atoms with Crippen molar-refractivity contribution in [3.05, 3.63) is 0 Å². The molecule has 5 aliphatic heterocycles. The third-order valence-corrected chi connectivity index (χ3v) is 17.9. The van der Waals surface area contributed by atoms with Crippen LogP contribution in [0.2, 0.25) is 0 Å². The molecule has 5 saturated heterocycles. The van der Waals surface area contributed by atoms with Gasteiger partial charge in [-0.05, 0) is 91.3 Å². The molecular formula is C44H72O19. The monoisotopic (exact) mass is 904 g/mol. The number of hydrogen-bond donors (Lipinski definition) is 11. The van der Waals surface area contributed by atoms with E-state index in [9.17, 15) is 56.2 Å². The van der Waals surface area contributed by atoms with Gasteiger partial charge >= 0.3 is 0 Å². The van der Waals surface area contributed by atoms with Gasteiger partial charge in [-0.15, -0.1) is 0 Å². The molecule has 19 heteroatoms. The van der Waals surface area contributed by atoms with E-state index >= 15 is 0 Å². The highest BCUT2D eigenvalue weighted by Crippen LogP contribution is 2.71. The van der Waals surface area contributed by atoms with Gasteiger partial charge in [0, 0.05) is 12.3 Å². The normalized spacial score (nSPS) is 59.4. The van der Waals surface area contributed by atoms with Crippen LogP contribution in [-0.4, -0.2) is 199 Å². The fourth-order valence-corrected chi connectivity index (χ4v) is 14.5. The van der Waals surface area contributed by atoms with Crippen LogP contribution in [0.5, 0.6) is 0 Å². The van der Waals surface area contributed by atoms with Crippen molar-refractivity contribution in [1.82, 2.24) is 0 Å². The summed E-state index contributed by atoms with van der Waals surface area (Å²) < 4.78 is 48.0. The van der Waals surface area contributed by atoms with E-state index in [0.717, 1.165) is 38.7 Å². The average Bonchev–Trinajstić information content (AvgIpc) is 3.70. The van der Waals surface area contributed by atoms with Crippen LogP contribution in [0.1, 0.15) is 79.1 Å². The van der Waals surface area contributed by atoms with Crippen molar-refractivity contribution in [3.8, 4) is 0 Å². The van der Waals surface area contributed by atoms with Gasteiger partial charge in [0.1, 0.15) is 67.1 Å². The molecule has 9 fully saturated rings. The maximum atomic E-state index is 12.0. The molecule has 362 valence electrons. The quantitative estimate of drug-likeness (QED) is 0.116. The molecule has 4 saturated carbocycles. The van der Waals surface area contributed by atoms with Gasteiger partial charge < -0.3 is 94.1 Å². The molecule has 0 bridgehead atoms. The molecule has 9 rings (SSSR count). The molecule has 5 heterocycles. The minimum atomic E-state index is -1.89. The van der Waals surface area contributed by atoms with E-state index < -0.39 is 135 Å². The van der Waals surface area contributed by atoms with Crippen molar-refractivity contribution in [2.45, 2.75) is 195 Å². The minimum absolute atomic E-state index is 0.0465. The third kappa shape index (κ3) is 7.78. The zero-order chi connectivity index (χ0) is 45.1. The lowest BCUT2D eigenvalue weighted by Gasteiger charge is -2.63. The van der Waals surface area contributed by atoms with Gasteiger partial charge in [-0.3, -0.25) is 0 Å². The summed E-state index contributed by atoms with van der Waals surface area (Å²) in [4.78, 5) is 0. The van der Waals surface area contributed by atoms with E-state index in [1.807, 2.05) is 0 Å². The Bertz CT molecular complexity index is 1590. The highest BCUT2D eigenvalue weighted by atomic mass is 16.8. The SMILES string of the molecule is C[C@H]1CC[C@@]2(OC1)O[C@H]1C[C@H]3[C@@H]4C[C@@H](O)C5C[C@@H](O[C@@H]6O[C@H](CO)[C@H](O[C@@H]7O[C@H](CO)[C@@H](O)[C@H](O[C@@H]8OC[C@@H](O)[C@H](O)[C@H]8O)[C@H]7O)[C@H](O)[C@H]6O)[C@H](O)C[C@]5(C)[C@H]4CC[C@]3(C)[C@H]1[C@@H]2C. The van der Waals surface area contributed by atoms with Crippen molar-refractivity contribution in [2.24, 2.45) is 52.3 Å². The first-order chi connectivity index (χ1) is 29.8. The predicted molar refractivity (Wildman–Crippen MR) is 212 cm³/mol. The number of rotatable bonds is 8. The summed E-state index contributed by atoms with van der Waals surface area (Å²) in [5, 5.41) is 120. The lowest BCUT2D eigenvalue weighted by molar-refractivity contribution is -0.380. The van der Waals surface area contributed by atoms with Gasteiger partial charge in [-0.2, -0.15) is 0 Å². The first kappa shape index (κ1) is 47.3. The Morgan fingerprint density at radius 1 is 0.587 bits per heavy atom. The van der Waals surface area contributed by atoms with Crippen LogP contribution in [0.4, 0.5) is 0 Å². The molecule has 0 aromatic heterocycles. The number of hydrogen-bond acceptors (Lipinski definition) is 19. The topological polar surface area (TPSA) is 296 Å². The summed E-state index contributed by atoms with van der Waals surface area (Å²) in [6, 6.07) is 0. The second-order valence-electron chi connectivity index (χ2n) is 21.4. The fourth-order valence-electron chi connectivity index (χ4n) is 14.5. The van der Waals surface area contributed by atoms with Gasteiger partial charge in [-0.1, -0.05) is 27.7 Å². The second kappa shape index (κ2) is 17.6. The van der Waals surface area contributed by atoms with Crippen LogP contribution in [0.15, 0.2) is 0 Å². The van der Waals surface area contributed by atoms with Crippen LogP contribution < -0.4 is 0 Å². The molecule has 1 unspecified atom stereocenters. The zero-order valence-electron chi connectivity index (χ0n) is 36.6. The fraction of sp³-hybridized carbons (Fsp3) is 1.00. The Kier molecular flexibility index (Phi) is 13.2. The third-order valence-electron chi connectivity index (χ3n) is 17.9. The van der Waals surface area contributed by atoms with E-state index in [4.69, 9.17) is 37.9 Å². The molecule has 11 N–H and O–H groups in total. The number of fused-ring (bicyclic) bond motifs is 7. The molecule has 0 radical (unpaired) electrons. The Balaban J connectivity index is 0.844. The van der Waals surface area contributed by atoms with E-state index in [1.54, 1.807) is 0 Å². The van der Waals surface area contributed by atoms with Crippen molar-refractivity contribution >= 4 is 0 Å². The van der Waals surface area contributed by atoms with Crippen molar-refractivity contribution in [1.29, 1.82) is 0 Å². The lowest BCUT2D eigenvalue weighted by atomic mass is 9.43. The van der Waals surface area contributed by atoms with Crippen LogP contribution >= 0.6 is 0 Å². The lowest BCUT2D eigenvalue weighted by Crippen LogP contribution is -2.66. The summed E-state index contributed by atoms with van der Waals surface area (Å²) >= 11 is 0. The first-order valence-corrected chi connectivity index (χ1v) is 23.4. The van der Waals surface area contributed by atoms with Crippen molar-refractivity contribution in [3.63, 3.8) is 0 Å². The van der Waals surface area contributed by atoms with Gasteiger partial charge in [-0.25, -0.2) is 0 Å². The molecule has 19 nitrogen and oxygen atoms in total. The molecule has 0 aromatic carbocycles. The number of aliphatic hydroxyl groups is 11. The highest BCUT2D eigenvalue weighted by molar-refractivity contribution is 5.17. The number of ether oxygens (including phenoxy) is 8. The Hall–Kier alpha value is -0.760. The number of aliphatic hydroxyl groups excluding tert-OH is 11. The van der Waals surface area contributed by atoms with Crippen molar-refractivity contribution in [2.75, 3.05) is 26.4 Å². The Morgan fingerprint density at radius 3 is 1.97 bits per heavy atom. The maximum Gasteiger partial charge on any atom is 0.187 e. The molecular weight excluding hydrogens is 832 g/mol. The smallest absolute Gasteiger partial charge is 0.187 e. The molecule has 63 heavy (non-hydrogen) atoms. The van der Waals surface area contributed by atoms with Crippen LogP contribution in [0.25, 0.3) is 0 Å². The first-order valence-electron chi connectivity index (χ1n) is 23.4. The van der Waals surface area contributed by atoms with Crippen LogP contribution in [-0.2, 0) is 37.9 Å². The molecule has 9 aliphatic rings. The van der Waals surface area contributed by atoms with E-state index in [0.29, 0.717) is 30.6 Å². The summed E-state index contributed by atoms with van der Waals surface area (Å²) in [5.74, 6) is 1.32. The summed E-state index contributed by atoms with van der Waals surface area (Å²) in [5.41, 5.74) is -0.357. The maximum absolute atomic E-state index is 12.0. The van der Waals surface area contributed by atoms with Gasteiger partial charge in [0.15, 0.2) is 24.7 Å².